The maximum atomic E-state index is 6.52. The molecule has 1 heterocycles. The largest absolute Gasteiger partial charge is 0.416 e. The second kappa shape index (κ2) is 7.20. The zero-order chi connectivity index (χ0) is 19.0. The topological polar surface area (TPSA) is 14.2 Å². The zero-order valence-electron chi connectivity index (χ0n) is 17.2. The Bertz CT molecular complexity index is 740. The van der Waals surface area contributed by atoms with Crippen LogP contribution in [0.5, 0.6) is 0 Å². The van der Waals surface area contributed by atoms with E-state index >= 15 is 0 Å². The smallest absolute Gasteiger partial charge is 0.192 e. The van der Waals surface area contributed by atoms with Gasteiger partial charge >= 0.3 is 0 Å². The molecule has 0 aliphatic rings. The molecule has 1 aromatic carbocycles. The Morgan fingerprint density at radius 2 is 1.76 bits per heavy atom. The van der Waals surface area contributed by atoms with E-state index in [-0.39, 0.29) is 10.5 Å². The molecule has 0 saturated heterocycles. The van der Waals surface area contributed by atoms with Crippen molar-refractivity contribution in [3.63, 3.8) is 0 Å². The van der Waals surface area contributed by atoms with Crippen LogP contribution >= 0.6 is 15.9 Å². The fourth-order valence-electron chi connectivity index (χ4n) is 2.85. The lowest BCUT2D eigenvalue weighted by Crippen LogP contribution is -2.43. The van der Waals surface area contributed by atoms with Gasteiger partial charge in [0.1, 0.15) is 0 Å². The van der Waals surface area contributed by atoms with Gasteiger partial charge in [-0.1, -0.05) is 63.5 Å². The quantitative estimate of drug-likeness (QED) is 0.455. The van der Waals surface area contributed by atoms with Gasteiger partial charge in [-0.25, -0.2) is 0 Å². The van der Waals surface area contributed by atoms with Crippen LogP contribution in [0.1, 0.15) is 47.1 Å². The number of aromatic nitrogens is 1. The van der Waals surface area contributed by atoms with Gasteiger partial charge in [0.05, 0.1) is 0 Å². The van der Waals surface area contributed by atoms with Gasteiger partial charge in [0.25, 0.3) is 0 Å². The third-order valence-electron chi connectivity index (χ3n) is 5.54. The van der Waals surface area contributed by atoms with E-state index in [0.29, 0.717) is 0 Å². The lowest BCUT2D eigenvalue weighted by Gasteiger charge is -2.39. The van der Waals surface area contributed by atoms with Gasteiger partial charge in [0, 0.05) is 40.1 Å². The summed E-state index contributed by atoms with van der Waals surface area (Å²) in [5.41, 5.74) is 2.82. The van der Waals surface area contributed by atoms with Crippen LogP contribution < -0.4 is 0 Å². The van der Waals surface area contributed by atoms with Crippen LogP contribution in [0.15, 0.2) is 28.9 Å². The van der Waals surface area contributed by atoms with Crippen molar-refractivity contribution in [1.82, 2.24) is 4.57 Å². The Labute approximate surface area is 163 Å². The molecule has 0 aliphatic carbocycles. The van der Waals surface area contributed by atoms with Gasteiger partial charge in [-0.3, -0.25) is 0 Å². The SMILES string of the molecule is CCc1cn(CC(C)(C)CO[Si](C)(C)C(C)(C)C)c2cc(Br)ccc12. The van der Waals surface area contributed by atoms with E-state index in [1.54, 1.807) is 0 Å². The molecule has 25 heavy (non-hydrogen) atoms. The summed E-state index contributed by atoms with van der Waals surface area (Å²) < 4.78 is 10.1. The van der Waals surface area contributed by atoms with Crippen LogP contribution in [0.3, 0.4) is 0 Å². The van der Waals surface area contributed by atoms with E-state index in [1.807, 2.05) is 0 Å². The van der Waals surface area contributed by atoms with Gasteiger partial charge in [-0.05, 0) is 42.2 Å². The first kappa shape index (κ1) is 20.7. The highest BCUT2D eigenvalue weighted by atomic mass is 79.9. The van der Waals surface area contributed by atoms with Crippen molar-refractivity contribution < 1.29 is 4.43 Å². The number of halogens is 1. The molecule has 0 amide bonds. The third kappa shape index (κ3) is 4.78. The second-order valence-corrected chi connectivity index (χ2v) is 15.2. The van der Waals surface area contributed by atoms with Crippen molar-refractivity contribution in [2.75, 3.05) is 6.61 Å². The highest BCUT2D eigenvalue weighted by Gasteiger charge is 2.38. The second-order valence-electron chi connectivity index (χ2n) is 9.51. The number of rotatable bonds is 6. The van der Waals surface area contributed by atoms with Gasteiger partial charge in [0.2, 0.25) is 0 Å². The summed E-state index contributed by atoms with van der Waals surface area (Å²) in [4.78, 5) is 0. The zero-order valence-corrected chi connectivity index (χ0v) is 19.8. The van der Waals surface area contributed by atoms with Crippen LogP contribution in [-0.2, 0) is 17.4 Å². The summed E-state index contributed by atoms with van der Waals surface area (Å²) in [5, 5.41) is 1.62. The molecule has 0 spiro atoms. The van der Waals surface area contributed by atoms with Crippen LogP contribution in [0.4, 0.5) is 0 Å². The van der Waals surface area contributed by atoms with Crippen molar-refractivity contribution >= 4 is 35.2 Å². The average molecular weight is 424 g/mol. The van der Waals surface area contributed by atoms with Crippen molar-refractivity contribution in [1.29, 1.82) is 0 Å². The highest BCUT2D eigenvalue weighted by Crippen LogP contribution is 2.38. The van der Waals surface area contributed by atoms with Crippen LogP contribution in [0.25, 0.3) is 10.9 Å². The standard InChI is InChI=1S/C21H34BrNOSi/c1-9-16-13-23(19-12-17(22)10-11-18(16)19)14-21(5,6)15-24-25(7,8)20(2,3)4/h10-13H,9,14-15H2,1-8H3. The summed E-state index contributed by atoms with van der Waals surface area (Å²) in [6.45, 7) is 20.2. The number of benzene rings is 1. The van der Waals surface area contributed by atoms with E-state index < -0.39 is 8.32 Å². The Morgan fingerprint density at radius 1 is 1.12 bits per heavy atom. The van der Waals surface area contributed by atoms with Crippen molar-refractivity contribution in [2.45, 2.75) is 72.6 Å². The number of nitrogens with zero attached hydrogens (tertiary/aromatic N) is 1. The molecule has 2 aromatic rings. The molecule has 0 aliphatic heterocycles. The molecule has 0 atom stereocenters. The first-order chi connectivity index (χ1) is 11.4. The molecule has 0 fully saturated rings. The van der Waals surface area contributed by atoms with E-state index in [2.05, 4.69) is 99.5 Å². The molecule has 140 valence electrons. The van der Waals surface area contributed by atoms with E-state index in [0.717, 1.165) is 24.0 Å². The van der Waals surface area contributed by atoms with Gasteiger partial charge in [0.15, 0.2) is 8.32 Å². The molecular formula is C21H34BrNOSi. The molecule has 0 bridgehead atoms. The van der Waals surface area contributed by atoms with Crippen molar-refractivity contribution in [3.8, 4) is 0 Å². The van der Waals surface area contributed by atoms with E-state index in [9.17, 15) is 0 Å². The van der Waals surface area contributed by atoms with Crippen molar-refractivity contribution in [3.05, 3.63) is 34.4 Å². The molecule has 0 saturated carbocycles. The minimum atomic E-state index is -1.71. The molecule has 1 aromatic heterocycles. The fraction of sp³-hybridized carbons (Fsp3) is 0.619. The number of aryl methyl sites for hydroxylation is 1. The van der Waals surface area contributed by atoms with Crippen LogP contribution in [0, 0.1) is 5.41 Å². The molecule has 0 radical (unpaired) electrons. The average Bonchev–Trinajstić information content (AvgIpc) is 2.81. The predicted octanol–water partition coefficient (Wildman–Crippen LogP) is 7.01. The summed E-state index contributed by atoms with van der Waals surface area (Å²) in [6, 6.07) is 6.60. The lowest BCUT2D eigenvalue weighted by molar-refractivity contribution is 0.147. The van der Waals surface area contributed by atoms with Crippen molar-refractivity contribution in [2.24, 2.45) is 5.41 Å². The molecule has 0 N–H and O–H groups in total. The highest BCUT2D eigenvalue weighted by molar-refractivity contribution is 9.10. The van der Waals surface area contributed by atoms with E-state index in [1.165, 1.54) is 16.5 Å². The van der Waals surface area contributed by atoms with Gasteiger partial charge < -0.3 is 8.99 Å². The number of fused-ring (bicyclic) bond motifs is 1. The summed E-state index contributed by atoms with van der Waals surface area (Å²) in [6.07, 6.45) is 3.39. The minimum absolute atomic E-state index is 0.0921. The number of hydrogen-bond acceptors (Lipinski definition) is 1. The van der Waals surface area contributed by atoms with Gasteiger partial charge in [-0.15, -0.1) is 0 Å². The van der Waals surface area contributed by atoms with Gasteiger partial charge in [-0.2, -0.15) is 0 Å². The fourth-order valence-corrected chi connectivity index (χ4v) is 4.39. The summed E-state index contributed by atoms with van der Waals surface area (Å²) in [5.74, 6) is 0. The molecule has 2 nitrogen and oxygen atoms in total. The first-order valence-corrected chi connectivity index (χ1v) is 13.0. The minimum Gasteiger partial charge on any atom is -0.416 e. The maximum absolute atomic E-state index is 6.52. The Hall–Kier alpha value is -0.583. The molecule has 4 heteroatoms. The third-order valence-corrected chi connectivity index (χ3v) is 10.5. The first-order valence-electron chi connectivity index (χ1n) is 9.27. The maximum Gasteiger partial charge on any atom is 0.192 e. The normalized spacial score (nSPS) is 13.6. The van der Waals surface area contributed by atoms with Crippen LogP contribution in [0.2, 0.25) is 18.1 Å². The summed E-state index contributed by atoms with van der Waals surface area (Å²) >= 11 is 3.62. The van der Waals surface area contributed by atoms with E-state index in [4.69, 9.17) is 4.43 Å². The molecular weight excluding hydrogens is 390 g/mol. The Morgan fingerprint density at radius 3 is 2.32 bits per heavy atom. The Balaban J connectivity index is 2.23. The molecule has 2 rings (SSSR count). The lowest BCUT2D eigenvalue weighted by atomic mass is 9.95. The predicted molar refractivity (Wildman–Crippen MR) is 116 cm³/mol. The molecule has 0 unspecified atom stereocenters. The monoisotopic (exact) mass is 423 g/mol. The van der Waals surface area contributed by atoms with Crippen LogP contribution in [-0.4, -0.2) is 19.5 Å². The Kier molecular flexibility index (Phi) is 5.97. The summed E-state index contributed by atoms with van der Waals surface area (Å²) in [7, 11) is -1.71. The number of hydrogen-bond donors (Lipinski definition) is 0.